The molecule has 0 spiro atoms. The van der Waals surface area contributed by atoms with E-state index in [0.29, 0.717) is 13.1 Å². The highest BCUT2D eigenvalue weighted by atomic mass is 35.5. The number of hydrogen-bond donors (Lipinski definition) is 2. The van der Waals surface area contributed by atoms with E-state index in [1.165, 1.54) is 18.4 Å². The Morgan fingerprint density at radius 3 is 2.50 bits per heavy atom. The van der Waals surface area contributed by atoms with Gasteiger partial charge in [0.1, 0.15) is 0 Å². The third kappa shape index (κ3) is 3.68. The van der Waals surface area contributed by atoms with Crippen molar-refractivity contribution < 1.29 is 4.79 Å². The van der Waals surface area contributed by atoms with Gasteiger partial charge in [0.25, 0.3) is 0 Å². The molecular weight excluding hydrogens is 200 g/mol. The quantitative estimate of drug-likeness (QED) is 0.704. The molecule has 82 valence electrons. The van der Waals surface area contributed by atoms with Crippen molar-refractivity contribution in [2.75, 3.05) is 13.1 Å². The summed E-state index contributed by atoms with van der Waals surface area (Å²) in [5.74, 6) is 0.0577. The summed E-state index contributed by atoms with van der Waals surface area (Å²) in [5, 5.41) is 2.79. The summed E-state index contributed by atoms with van der Waals surface area (Å²) < 4.78 is 0. The van der Waals surface area contributed by atoms with Crippen LogP contribution in [0.4, 0.5) is 0 Å². The van der Waals surface area contributed by atoms with Crippen LogP contribution < -0.4 is 11.1 Å². The molecular formula is C10H19ClN2O. The number of rotatable bonds is 3. The zero-order valence-corrected chi connectivity index (χ0v) is 9.45. The molecule has 1 aliphatic rings. The second kappa shape index (κ2) is 6.85. The average molecular weight is 219 g/mol. The normalized spacial score (nSPS) is 14.9. The van der Waals surface area contributed by atoms with Gasteiger partial charge < -0.3 is 11.1 Å². The van der Waals surface area contributed by atoms with Crippen molar-refractivity contribution in [3.8, 4) is 0 Å². The molecule has 0 aromatic heterocycles. The maximum Gasteiger partial charge on any atom is 0.246 e. The van der Waals surface area contributed by atoms with Gasteiger partial charge in [-0.3, -0.25) is 4.79 Å². The van der Waals surface area contributed by atoms with Crippen LogP contribution in [0.1, 0.15) is 32.6 Å². The molecule has 1 amide bonds. The molecule has 0 heterocycles. The van der Waals surface area contributed by atoms with Crippen molar-refractivity contribution in [1.29, 1.82) is 0 Å². The zero-order chi connectivity index (χ0) is 9.68. The van der Waals surface area contributed by atoms with Crippen LogP contribution >= 0.6 is 12.4 Å². The Morgan fingerprint density at radius 1 is 1.43 bits per heavy atom. The van der Waals surface area contributed by atoms with E-state index in [-0.39, 0.29) is 18.3 Å². The van der Waals surface area contributed by atoms with Crippen molar-refractivity contribution in [2.45, 2.75) is 32.6 Å². The van der Waals surface area contributed by atoms with Crippen molar-refractivity contribution in [3.05, 3.63) is 11.1 Å². The van der Waals surface area contributed by atoms with Crippen LogP contribution in [-0.2, 0) is 4.79 Å². The Balaban J connectivity index is 0.00000169. The molecule has 14 heavy (non-hydrogen) atoms. The van der Waals surface area contributed by atoms with E-state index >= 15 is 0 Å². The SMILES string of the molecule is CC(C(=O)NCCN)=C1CCCC1.Cl. The van der Waals surface area contributed by atoms with Gasteiger partial charge >= 0.3 is 0 Å². The predicted molar refractivity (Wildman–Crippen MR) is 60.5 cm³/mol. The van der Waals surface area contributed by atoms with Gasteiger partial charge in [-0.2, -0.15) is 0 Å². The highest BCUT2D eigenvalue weighted by molar-refractivity contribution is 5.93. The Bertz CT molecular complexity index is 218. The fraction of sp³-hybridized carbons (Fsp3) is 0.700. The first-order valence-electron chi connectivity index (χ1n) is 4.92. The maximum atomic E-state index is 11.5. The number of amides is 1. The fourth-order valence-electron chi connectivity index (χ4n) is 1.66. The topological polar surface area (TPSA) is 55.1 Å². The van der Waals surface area contributed by atoms with Crippen LogP contribution in [0, 0.1) is 0 Å². The lowest BCUT2D eigenvalue weighted by Crippen LogP contribution is -2.29. The zero-order valence-electron chi connectivity index (χ0n) is 8.64. The summed E-state index contributed by atoms with van der Waals surface area (Å²) in [6.45, 7) is 2.99. The molecule has 1 aliphatic carbocycles. The molecule has 0 atom stereocenters. The number of nitrogens with one attached hydrogen (secondary N) is 1. The molecule has 1 fully saturated rings. The van der Waals surface area contributed by atoms with Crippen molar-refractivity contribution in [1.82, 2.24) is 5.32 Å². The molecule has 0 aromatic rings. The minimum Gasteiger partial charge on any atom is -0.351 e. The summed E-state index contributed by atoms with van der Waals surface area (Å²) in [6, 6.07) is 0. The van der Waals surface area contributed by atoms with E-state index in [0.717, 1.165) is 18.4 Å². The van der Waals surface area contributed by atoms with Crippen LogP contribution in [0.15, 0.2) is 11.1 Å². The fourth-order valence-corrected chi connectivity index (χ4v) is 1.66. The number of allylic oxidation sites excluding steroid dienone is 1. The minimum absolute atomic E-state index is 0. The number of halogens is 1. The van der Waals surface area contributed by atoms with Crippen LogP contribution in [0.3, 0.4) is 0 Å². The third-order valence-corrected chi connectivity index (χ3v) is 2.51. The predicted octanol–water partition coefficient (Wildman–Crippen LogP) is 1.37. The molecule has 3 nitrogen and oxygen atoms in total. The molecule has 0 aliphatic heterocycles. The summed E-state index contributed by atoms with van der Waals surface area (Å²) >= 11 is 0. The van der Waals surface area contributed by atoms with Gasteiger partial charge in [-0.1, -0.05) is 5.57 Å². The second-order valence-corrected chi connectivity index (χ2v) is 3.48. The third-order valence-electron chi connectivity index (χ3n) is 2.51. The standard InChI is InChI=1S/C10H18N2O.ClH/c1-8(9-4-2-3-5-9)10(13)12-7-6-11;/h2-7,11H2,1H3,(H,12,13);1H. The molecule has 1 rings (SSSR count). The van der Waals surface area contributed by atoms with Crippen LogP contribution in [0.5, 0.6) is 0 Å². The van der Waals surface area contributed by atoms with E-state index < -0.39 is 0 Å². The number of carbonyl (C=O) groups excluding carboxylic acids is 1. The van der Waals surface area contributed by atoms with Gasteiger partial charge in [0.15, 0.2) is 0 Å². The van der Waals surface area contributed by atoms with Crippen molar-refractivity contribution in [2.24, 2.45) is 5.73 Å². The van der Waals surface area contributed by atoms with Gasteiger partial charge in [-0.25, -0.2) is 0 Å². The van der Waals surface area contributed by atoms with E-state index in [4.69, 9.17) is 5.73 Å². The first-order chi connectivity index (χ1) is 6.25. The molecule has 1 saturated carbocycles. The van der Waals surface area contributed by atoms with Gasteiger partial charge in [0, 0.05) is 18.7 Å². The van der Waals surface area contributed by atoms with E-state index in [9.17, 15) is 4.79 Å². The lowest BCUT2D eigenvalue weighted by molar-refractivity contribution is -0.117. The second-order valence-electron chi connectivity index (χ2n) is 3.48. The number of nitrogens with two attached hydrogens (primary N) is 1. The lowest BCUT2D eigenvalue weighted by atomic mass is 10.1. The Hall–Kier alpha value is -0.540. The van der Waals surface area contributed by atoms with E-state index in [1.54, 1.807) is 0 Å². The molecule has 0 bridgehead atoms. The van der Waals surface area contributed by atoms with Gasteiger partial charge in [-0.05, 0) is 32.6 Å². The Labute approximate surface area is 91.5 Å². The number of carbonyl (C=O) groups is 1. The van der Waals surface area contributed by atoms with Gasteiger partial charge in [0.05, 0.1) is 0 Å². The highest BCUT2D eigenvalue weighted by Gasteiger charge is 2.13. The molecule has 0 unspecified atom stereocenters. The monoisotopic (exact) mass is 218 g/mol. The van der Waals surface area contributed by atoms with E-state index in [1.807, 2.05) is 6.92 Å². The minimum atomic E-state index is 0. The summed E-state index contributed by atoms with van der Waals surface area (Å²) in [6.07, 6.45) is 4.66. The molecule has 3 N–H and O–H groups in total. The van der Waals surface area contributed by atoms with Crippen LogP contribution in [0.25, 0.3) is 0 Å². The first-order valence-corrected chi connectivity index (χ1v) is 4.92. The van der Waals surface area contributed by atoms with Crippen LogP contribution in [-0.4, -0.2) is 19.0 Å². The summed E-state index contributed by atoms with van der Waals surface area (Å²) in [4.78, 5) is 11.5. The lowest BCUT2D eigenvalue weighted by Gasteiger charge is -2.06. The first kappa shape index (κ1) is 13.5. The largest absolute Gasteiger partial charge is 0.351 e. The maximum absolute atomic E-state index is 11.5. The number of hydrogen-bond acceptors (Lipinski definition) is 2. The summed E-state index contributed by atoms with van der Waals surface area (Å²) in [5.41, 5.74) is 7.54. The Morgan fingerprint density at radius 2 is 2.00 bits per heavy atom. The molecule has 0 radical (unpaired) electrons. The molecule has 0 saturated heterocycles. The Kier molecular flexibility index (Phi) is 6.58. The smallest absolute Gasteiger partial charge is 0.246 e. The molecule has 4 heteroatoms. The highest BCUT2D eigenvalue weighted by Crippen LogP contribution is 2.26. The van der Waals surface area contributed by atoms with E-state index in [2.05, 4.69) is 5.32 Å². The van der Waals surface area contributed by atoms with Crippen molar-refractivity contribution >= 4 is 18.3 Å². The summed E-state index contributed by atoms with van der Waals surface area (Å²) in [7, 11) is 0. The van der Waals surface area contributed by atoms with Gasteiger partial charge in [-0.15, -0.1) is 12.4 Å². The van der Waals surface area contributed by atoms with Crippen molar-refractivity contribution in [3.63, 3.8) is 0 Å². The van der Waals surface area contributed by atoms with Crippen LogP contribution in [0.2, 0.25) is 0 Å². The average Bonchev–Trinajstić information content (AvgIpc) is 2.65. The van der Waals surface area contributed by atoms with Gasteiger partial charge in [0.2, 0.25) is 5.91 Å². The molecule has 0 aromatic carbocycles.